The van der Waals surface area contributed by atoms with E-state index in [4.69, 9.17) is 10.5 Å². The first-order chi connectivity index (χ1) is 11.1. The number of nitrogen functional groups attached to an aromatic ring is 1. The quantitative estimate of drug-likeness (QED) is 0.572. The number of hydrogen-bond acceptors (Lipinski definition) is 6. The molecule has 0 radical (unpaired) electrons. The van der Waals surface area contributed by atoms with Crippen molar-refractivity contribution in [1.82, 2.24) is 9.97 Å². The number of anilines is 1. The number of aryl methyl sites for hydroxylation is 1. The van der Waals surface area contributed by atoms with Crippen molar-refractivity contribution in [2.75, 3.05) is 12.3 Å². The molecule has 0 spiro atoms. The van der Waals surface area contributed by atoms with Crippen LogP contribution in [0.15, 0.2) is 36.9 Å². The van der Waals surface area contributed by atoms with Crippen molar-refractivity contribution in [3.05, 3.63) is 47.5 Å². The molecule has 0 bridgehead atoms. The number of nitrogens with two attached hydrogens (primary N) is 1. The van der Waals surface area contributed by atoms with Gasteiger partial charge in [-0.1, -0.05) is 12.7 Å². The van der Waals surface area contributed by atoms with Gasteiger partial charge in [-0.25, -0.2) is 9.97 Å². The number of ether oxygens (including phenoxy) is 1. The highest BCUT2D eigenvalue weighted by Crippen LogP contribution is 2.34. The van der Waals surface area contributed by atoms with Gasteiger partial charge in [0.05, 0.1) is 21.6 Å². The summed E-state index contributed by atoms with van der Waals surface area (Å²) in [5.74, 6) is 1.36. The summed E-state index contributed by atoms with van der Waals surface area (Å²) in [7, 11) is 0. The average molecular weight is 325 g/mol. The molecule has 1 aromatic carbocycles. The van der Waals surface area contributed by atoms with Crippen LogP contribution in [0.1, 0.15) is 15.4 Å². The molecule has 2 N–H and O–H groups in total. The van der Waals surface area contributed by atoms with Gasteiger partial charge in [0, 0.05) is 5.56 Å². The molecule has 0 fully saturated rings. The van der Waals surface area contributed by atoms with Crippen molar-refractivity contribution in [2.45, 2.75) is 6.92 Å². The Kier molecular flexibility index (Phi) is 4.08. The number of aldehydes is 1. The molecule has 3 aromatic rings. The lowest BCUT2D eigenvalue weighted by atomic mass is 10.2. The van der Waals surface area contributed by atoms with E-state index in [1.54, 1.807) is 6.08 Å². The Labute approximate surface area is 137 Å². The monoisotopic (exact) mass is 325 g/mol. The van der Waals surface area contributed by atoms with Gasteiger partial charge in [-0.2, -0.15) is 0 Å². The SMILES string of the molecule is C=CCOc1ccc(-c2nc(C)c3c(N)c(C=O)sc3n2)cc1. The predicted octanol–water partition coefficient (Wildman–Crippen LogP) is 3.63. The van der Waals surface area contributed by atoms with Crippen LogP contribution in [0.5, 0.6) is 5.75 Å². The Balaban J connectivity index is 2.03. The number of nitrogens with zero attached hydrogens (tertiary/aromatic N) is 2. The third-order valence-electron chi connectivity index (χ3n) is 3.39. The number of hydrogen-bond donors (Lipinski definition) is 1. The molecule has 0 aliphatic carbocycles. The van der Waals surface area contributed by atoms with Crippen molar-refractivity contribution in [3.63, 3.8) is 0 Å². The molecule has 6 heteroatoms. The highest BCUT2D eigenvalue weighted by Gasteiger charge is 2.15. The minimum atomic E-state index is 0.456. The molecular weight excluding hydrogens is 310 g/mol. The summed E-state index contributed by atoms with van der Waals surface area (Å²) in [6, 6.07) is 7.52. The Morgan fingerprint density at radius 1 is 1.30 bits per heavy atom. The molecule has 23 heavy (non-hydrogen) atoms. The molecule has 2 aromatic heterocycles. The van der Waals surface area contributed by atoms with Crippen molar-refractivity contribution < 1.29 is 9.53 Å². The van der Waals surface area contributed by atoms with Gasteiger partial charge in [-0.3, -0.25) is 4.79 Å². The molecule has 0 unspecified atom stereocenters. The third kappa shape index (κ3) is 2.80. The molecule has 5 nitrogen and oxygen atoms in total. The minimum absolute atomic E-state index is 0.456. The minimum Gasteiger partial charge on any atom is -0.490 e. The van der Waals surface area contributed by atoms with Crippen LogP contribution in [0.4, 0.5) is 5.69 Å². The summed E-state index contributed by atoms with van der Waals surface area (Å²) < 4.78 is 5.46. The number of carbonyl (C=O) groups excluding carboxylic acids is 1. The second-order valence-corrected chi connectivity index (χ2v) is 5.97. The number of benzene rings is 1. The van der Waals surface area contributed by atoms with Gasteiger partial charge in [0.2, 0.25) is 0 Å². The second kappa shape index (κ2) is 6.18. The highest BCUT2D eigenvalue weighted by molar-refractivity contribution is 7.20. The fourth-order valence-corrected chi connectivity index (χ4v) is 3.25. The molecule has 0 amide bonds. The lowest BCUT2D eigenvalue weighted by molar-refractivity contribution is 0.112. The van der Waals surface area contributed by atoms with Crippen LogP contribution in [0.3, 0.4) is 0 Å². The van der Waals surface area contributed by atoms with E-state index in [0.29, 0.717) is 23.0 Å². The van der Waals surface area contributed by atoms with E-state index >= 15 is 0 Å². The zero-order valence-corrected chi connectivity index (χ0v) is 13.4. The van der Waals surface area contributed by atoms with E-state index in [-0.39, 0.29) is 0 Å². The van der Waals surface area contributed by atoms with E-state index in [0.717, 1.165) is 33.5 Å². The molecule has 0 saturated carbocycles. The topological polar surface area (TPSA) is 78.1 Å². The zero-order chi connectivity index (χ0) is 16.4. The molecule has 0 aliphatic rings. The number of thiophene rings is 1. The fraction of sp³-hybridized carbons (Fsp3) is 0.118. The summed E-state index contributed by atoms with van der Waals surface area (Å²) >= 11 is 1.28. The van der Waals surface area contributed by atoms with Gasteiger partial charge < -0.3 is 10.5 Å². The standard InChI is InChI=1S/C17H15N3O2S/c1-3-8-22-12-6-4-11(5-7-12)16-19-10(2)14-15(18)13(9-21)23-17(14)20-16/h3-7,9H,1,8,18H2,2H3. The maximum absolute atomic E-state index is 11.0. The van der Waals surface area contributed by atoms with Gasteiger partial charge in [-0.15, -0.1) is 11.3 Å². The highest BCUT2D eigenvalue weighted by atomic mass is 32.1. The third-order valence-corrected chi connectivity index (χ3v) is 4.41. The number of fused-ring (bicyclic) bond motifs is 1. The first-order valence-electron chi connectivity index (χ1n) is 7.00. The predicted molar refractivity (Wildman–Crippen MR) is 93.1 cm³/mol. The van der Waals surface area contributed by atoms with E-state index in [1.807, 2.05) is 31.2 Å². The van der Waals surface area contributed by atoms with Gasteiger partial charge in [0.1, 0.15) is 17.2 Å². The Morgan fingerprint density at radius 3 is 2.70 bits per heavy atom. The first-order valence-corrected chi connectivity index (χ1v) is 7.81. The largest absolute Gasteiger partial charge is 0.490 e. The van der Waals surface area contributed by atoms with Crippen LogP contribution in [0.25, 0.3) is 21.6 Å². The molecular formula is C17H15N3O2S. The van der Waals surface area contributed by atoms with Crippen molar-refractivity contribution in [1.29, 1.82) is 0 Å². The van der Waals surface area contributed by atoms with E-state index < -0.39 is 0 Å². The molecule has 116 valence electrons. The van der Waals surface area contributed by atoms with Gasteiger partial charge >= 0.3 is 0 Å². The van der Waals surface area contributed by atoms with Crippen LogP contribution in [0, 0.1) is 6.92 Å². The normalized spacial score (nSPS) is 10.7. The number of carbonyl (C=O) groups is 1. The van der Waals surface area contributed by atoms with Gasteiger partial charge in [0.25, 0.3) is 0 Å². The zero-order valence-electron chi connectivity index (χ0n) is 12.6. The Hall–Kier alpha value is -2.73. The van der Waals surface area contributed by atoms with Crippen LogP contribution in [-0.2, 0) is 0 Å². The summed E-state index contributed by atoms with van der Waals surface area (Å²) in [5, 5.41) is 0.756. The summed E-state index contributed by atoms with van der Waals surface area (Å²) in [6.07, 6.45) is 2.45. The summed E-state index contributed by atoms with van der Waals surface area (Å²) in [5.41, 5.74) is 8.07. The first kappa shape index (κ1) is 15.2. The Morgan fingerprint density at radius 2 is 2.04 bits per heavy atom. The van der Waals surface area contributed by atoms with E-state index in [2.05, 4.69) is 16.5 Å². The molecule has 3 rings (SSSR count). The summed E-state index contributed by atoms with van der Waals surface area (Å²) in [6.45, 7) is 5.95. The van der Waals surface area contributed by atoms with Gasteiger partial charge in [-0.05, 0) is 31.2 Å². The van der Waals surface area contributed by atoms with Gasteiger partial charge in [0.15, 0.2) is 12.1 Å². The van der Waals surface area contributed by atoms with Crippen LogP contribution >= 0.6 is 11.3 Å². The molecule has 0 aliphatic heterocycles. The molecule has 2 heterocycles. The van der Waals surface area contributed by atoms with Crippen molar-refractivity contribution in [2.24, 2.45) is 0 Å². The number of aromatic nitrogens is 2. The van der Waals surface area contributed by atoms with E-state index in [1.165, 1.54) is 11.3 Å². The van der Waals surface area contributed by atoms with Crippen LogP contribution < -0.4 is 10.5 Å². The lowest BCUT2D eigenvalue weighted by Gasteiger charge is -2.06. The van der Waals surface area contributed by atoms with Crippen LogP contribution in [-0.4, -0.2) is 22.9 Å². The van der Waals surface area contributed by atoms with E-state index in [9.17, 15) is 4.79 Å². The average Bonchev–Trinajstić information content (AvgIpc) is 2.90. The second-order valence-electron chi connectivity index (χ2n) is 4.93. The van der Waals surface area contributed by atoms with Crippen molar-refractivity contribution in [3.8, 4) is 17.1 Å². The Bertz CT molecular complexity index is 885. The smallest absolute Gasteiger partial charge is 0.162 e. The lowest BCUT2D eigenvalue weighted by Crippen LogP contribution is -1.95. The maximum Gasteiger partial charge on any atom is 0.162 e. The molecule has 0 atom stereocenters. The number of rotatable bonds is 5. The van der Waals surface area contributed by atoms with Crippen molar-refractivity contribution >= 4 is 33.5 Å². The molecule has 0 saturated heterocycles. The maximum atomic E-state index is 11.0. The summed E-state index contributed by atoms with van der Waals surface area (Å²) in [4.78, 5) is 21.3. The fourth-order valence-electron chi connectivity index (χ4n) is 2.28. The van der Waals surface area contributed by atoms with Crippen LogP contribution in [0.2, 0.25) is 0 Å².